The Bertz CT molecular complexity index is 868. The van der Waals surface area contributed by atoms with Gasteiger partial charge in [-0.25, -0.2) is 0 Å². The first-order valence-corrected chi connectivity index (χ1v) is 10.3. The van der Waals surface area contributed by atoms with Gasteiger partial charge in [0.2, 0.25) is 5.91 Å². The van der Waals surface area contributed by atoms with E-state index >= 15 is 0 Å². The number of fused-ring (bicyclic) bond motifs is 6. The second kappa shape index (κ2) is 6.28. The number of amides is 1. The van der Waals surface area contributed by atoms with Crippen molar-refractivity contribution in [3.05, 3.63) is 34.5 Å². The molecular formula is C21H26ClN3O. The van der Waals surface area contributed by atoms with Crippen molar-refractivity contribution in [1.29, 1.82) is 0 Å². The van der Waals surface area contributed by atoms with Crippen molar-refractivity contribution in [2.75, 3.05) is 20.1 Å². The molecule has 4 nitrogen and oxygen atoms in total. The number of aromatic nitrogens is 1. The van der Waals surface area contributed by atoms with Crippen LogP contribution in [0.1, 0.15) is 49.4 Å². The fourth-order valence-electron chi connectivity index (χ4n) is 5.39. The number of nitrogens with zero attached hydrogens (tertiary/aromatic N) is 3. The summed E-state index contributed by atoms with van der Waals surface area (Å²) in [5.74, 6) is 0.269. The number of carbonyl (C=O) groups excluding carboxylic acids is 1. The molecule has 1 aromatic heterocycles. The number of hydrogen-bond donors (Lipinski definition) is 0. The van der Waals surface area contributed by atoms with Crippen molar-refractivity contribution in [2.45, 2.75) is 57.2 Å². The standard InChI is InChI=1S/C21H26ClN3O/c1-23-15-6-8-18(23)21-16-11-14(22)5-7-17(16)25(19(21)12-15)13-20(26)24-9-3-2-4-10-24/h5,7,11,15,18H,2-4,6,8-10,12-13H2,1H3. The molecule has 1 amide bonds. The van der Waals surface area contributed by atoms with Crippen molar-refractivity contribution >= 4 is 28.4 Å². The Morgan fingerprint density at radius 3 is 2.81 bits per heavy atom. The maximum atomic E-state index is 13.0. The molecule has 4 heterocycles. The minimum absolute atomic E-state index is 0.269. The minimum Gasteiger partial charge on any atom is -0.341 e. The zero-order valence-electron chi connectivity index (χ0n) is 15.4. The zero-order valence-corrected chi connectivity index (χ0v) is 16.1. The van der Waals surface area contributed by atoms with Crippen LogP contribution < -0.4 is 0 Å². The highest BCUT2D eigenvalue weighted by Crippen LogP contribution is 2.47. The predicted molar refractivity (Wildman–Crippen MR) is 105 cm³/mol. The molecule has 0 aliphatic carbocycles. The van der Waals surface area contributed by atoms with Crippen molar-refractivity contribution in [1.82, 2.24) is 14.4 Å². The summed E-state index contributed by atoms with van der Waals surface area (Å²) in [6.07, 6.45) is 7.03. The lowest BCUT2D eigenvalue weighted by molar-refractivity contribution is -0.132. The molecule has 138 valence electrons. The van der Waals surface area contributed by atoms with Gasteiger partial charge in [0, 0.05) is 53.2 Å². The van der Waals surface area contributed by atoms with Crippen molar-refractivity contribution in [3.63, 3.8) is 0 Å². The number of benzene rings is 1. The third-order valence-electron chi connectivity index (χ3n) is 6.78. The molecule has 0 spiro atoms. The Labute approximate surface area is 159 Å². The summed E-state index contributed by atoms with van der Waals surface area (Å²) in [4.78, 5) is 17.6. The summed E-state index contributed by atoms with van der Waals surface area (Å²) in [7, 11) is 2.25. The van der Waals surface area contributed by atoms with Crippen LogP contribution in [0.5, 0.6) is 0 Å². The minimum atomic E-state index is 0.269. The molecule has 0 N–H and O–H groups in total. The van der Waals surface area contributed by atoms with Gasteiger partial charge in [-0.2, -0.15) is 0 Å². The molecule has 0 radical (unpaired) electrons. The lowest BCUT2D eigenvalue weighted by atomic mass is 9.97. The van der Waals surface area contributed by atoms with E-state index in [1.807, 2.05) is 6.07 Å². The maximum absolute atomic E-state index is 13.0. The summed E-state index contributed by atoms with van der Waals surface area (Å²) in [6.45, 7) is 2.30. The van der Waals surface area contributed by atoms with E-state index in [0.29, 0.717) is 18.6 Å². The van der Waals surface area contributed by atoms with Gasteiger partial charge in [0.1, 0.15) is 6.54 Å². The number of hydrogen-bond acceptors (Lipinski definition) is 2. The molecule has 3 aliphatic rings. The molecule has 3 aliphatic heterocycles. The molecule has 2 bridgehead atoms. The van der Waals surface area contributed by atoms with Crippen molar-refractivity contribution < 1.29 is 4.79 Å². The second-order valence-electron chi connectivity index (χ2n) is 8.17. The smallest absolute Gasteiger partial charge is 0.242 e. The van der Waals surface area contributed by atoms with E-state index < -0.39 is 0 Å². The first-order valence-electron chi connectivity index (χ1n) is 9.93. The third kappa shape index (κ3) is 2.49. The van der Waals surface area contributed by atoms with Crippen LogP contribution >= 0.6 is 11.6 Å². The molecule has 1 aromatic carbocycles. The van der Waals surface area contributed by atoms with E-state index in [1.54, 1.807) is 0 Å². The number of rotatable bonds is 2. The van der Waals surface area contributed by atoms with Gasteiger partial charge in [-0.3, -0.25) is 9.69 Å². The Hall–Kier alpha value is -1.52. The Kier molecular flexibility index (Phi) is 4.02. The Morgan fingerprint density at radius 2 is 2.00 bits per heavy atom. The molecule has 2 saturated heterocycles. The normalized spacial score (nSPS) is 25.7. The average Bonchev–Trinajstić information content (AvgIpc) is 3.06. The fourth-order valence-corrected chi connectivity index (χ4v) is 5.56. The third-order valence-corrected chi connectivity index (χ3v) is 7.02. The molecule has 2 unspecified atom stereocenters. The highest BCUT2D eigenvalue weighted by Gasteiger charge is 2.41. The number of likely N-dealkylation sites (N-methyl/N-ethyl adjacent to an activating group) is 1. The monoisotopic (exact) mass is 371 g/mol. The van der Waals surface area contributed by atoms with Crippen LogP contribution in [-0.4, -0.2) is 46.5 Å². The van der Waals surface area contributed by atoms with Crippen LogP contribution in [0.25, 0.3) is 10.9 Å². The van der Waals surface area contributed by atoms with Gasteiger partial charge in [-0.1, -0.05) is 11.6 Å². The molecule has 0 saturated carbocycles. The van der Waals surface area contributed by atoms with Crippen LogP contribution in [0.4, 0.5) is 0 Å². The van der Waals surface area contributed by atoms with Crippen molar-refractivity contribution in [3.8, 4) is 0 Å². The molecule has 5 heteroatoms. The molecule has 2 fully saturated rings. The summed E-state index contributed by atoms with van der Waals surface area (Å²) in [5.41, 5.74) is 3.97. The highest BCUT2D eigenvalue weighted by atomic mass is 35.5. The van der Waals surface area contributed by atoms with E-state index in [1.165, 1.54) is 41.4 Å². The molecular weight excluding hydrogens is 346 g/mol. The predicted octanol–water partition coefficient (Wildman–Crippen LogP) is 4.00. The average molecular weight is 372 g/mol. The first kappa shape index (κ1) is 16.6. The molecule has 2 atom stereocenters. The largest absolute Gasteiger partial charge is 0.341 e. The van der Waals surface area contributed by atoms with Gasteiger partial charge in [-0.15, -0.1) is 0 Å². The van der Waals surface area contributed by atoms with Crippen LogP contribution in [0.15, 0.2) is 18.2 Å². The maximum Gasteiger partial charge on any atom is 0.242 e. The lowest BCUT2D eigenvalue weighted by Gasteiger charge is -2.33. The zero-order chi connectivity index (χ0) is 17.8. The van der Waals surface area contributed by atoms with Gasteiger partial charge < -0.3 is 9.47 Å². The van der Waals surface area contributed by atoms with E-state index in [-0.39, 0.29) is 5.91 Å². The van der Waals surface area contributed by atoms with E-state index in [2.05, 4.69) is 33.5 Å². The van der Waals surface area contributed by atoms with Gasteiger partial charge in [0.15, 0.2) is 0 Å². The van der Waals surface area contributed by atoms with Crippen molar-refractivity contribution in [2.24, 2.45) is 0 Å². The summed E-state index contributed by atoms with van der Waals surface area (Å²) < 4.78 is 2.30. The highest BCUT2D eigenvalue weighted by molar-refractivity contribution is 6.31. The number of halogens is 1. The summed E-state index contributed by atoms with van der Waals surface area (Å²) in [6, 6.07) is 7.24. The number of piperidine rings is 1. The number of carbonyl (C=O) groups is 1. The van der Waals surface area contributed by atoms with E-state index in [0.717, 1.165) is 37.4 Å². The SMILES string of the molecule is CN1C2CCC1c1c(n(CC(=O)N3CCCCC3)c3ccc(Cl)cc13)C2. The van der Waals surface area contributed by atoms with Gasteiger partial charge >= 0.3 is 0 Å². The summed E-state index contributed by atoms with van der Waals surface area (Å²) in [5, 5.41) is 2.03. The molecule has 26 heavy (non-hydrogen) atoms. The van der Waals surface area contributed by atoms with Crippen LogP contribution in [-0.2, 0) is 17.8 Å². The Balaban J connectivity index is 1.59. The molecule has 2 aromatic rings. The lowest BCUT2D eigenvalue weighted by Crippen LogP contribution is -2.39. The van der Waals surface area contributed by atoms with Gasteiger partial charge in [0.05, 0.1) is 0 Å². The first-order chi connectivity index (χ1) is 12.6. The van der Waals surface area contributed by atoms with Gasteiger partial charge in [-0.05, 0) is 62.9 Å². The van der Waals surface area contributed by atoms with E-state index in [4.69, 9.17) is 11.6 Å². The van der Waals surface area contributed by atoms with E-state index in [9.17, 15) is 4.79 Å². The van der Waals surface area contributed by atoms with Crippen LogP contribution in [0.2, 0.25) is 5.02 Å². The Morgan fingerprint density at radius 1 is 1.19 bits per heavy atom. The fraction of sp³-hybridized carbons (Fsp3) is 0.571. The topological polar surface area (TPSA) is 28.5 Å². The van der Waals surface area contributed by atoms with Crippen LogP contribution in [0.3, 0.4) is 0 Å². The van der Waals surface area contributed by atoms with Crippen LogP contribution in [0, 0.1) is 0 Å². The second-order valence-corrected chi connectivity index (χ2v) is 8.60. The quantitative estimate of drug-likeness (QED) is 0.798. The number of likely N-dealkylation sites (tertiary alicyclic amines) is 1. The molecule has 5 rings (SSSR count). The van der Waals surface area contributed by atoms with Gasteiger partial charge in [0.25, 0.3) is 0 Å². The summed E-state index contributed by atoms with van der Waals surface area (Å²) >= 11 is 6.34.